The van der Waals surface area contributed by atoms with E-state index in [-0.39, 0.29) is 24.2 Å². The lowest BCUT2D eigenvalue weighted by atomic mass is 10.1. The second-order valence-corrected chi connectivity index (χ2v) is 7.88. The molecule has 26 heavy (non-hydrogen) atoms. The van der Waals surface area contributed by atoms with E-state index in [1.807, 2.05) is 56.3 Å². The van der Waals surface area contributed by atoms with Crippen molar-refractivity contribution >= 4 is 44.7 Å². The largest absolute Gasteiger partial charge is 0.326 e. The highest BCUT2D eigenvalue weighted by atomic mass is 32.1. The van der Waals surface area contributed by atoms with Crippen LogP contribution < -0.4 is 10.2 Å². The van der Waals surface area contributed by atoms with Crippen LogP contribution in [0.4, 0.5) is 11.4 Å². The molecule has 0 bridgehead atoms. The van der Waals surface area contributed by atoms with Crippen LogP contribution in [0.5, 0.6) is 0 Å². The molecule has 2 heterocycles. The normalized spacial score (nSPS) is 17.1. The van der Waals surface area contributed by atoms with Crippen molar-refractivity contribution in [3.63, 3.8) is 0 Å². The van der Waals surface area contributed by atoms with Gasteiger partial charge in [-0.25, -0.2) is 4.98 Å². The Bertz CT molecular complexity index is 994. The van der Waals surface area contributed by atoms with E-state index in [1.165, 1.54) is 0 Å². The van der Waals surface area contributed by atoms with Gasteiger partial charge in [0.25, 0.3) is 0 Å². The summed E-state index contributed by atoms with van der Waals surface area (Å²) in [4.78, 5) is 31.1. The van der Waals surface area contributed by atoms with E-state index in [2.05, 4.69) is 10.3 Å². The summed E-state index contributed by atoms with van der Waals surface area (Å²) in [5.41, 5.74) is 3.67. The molecule has 1 aliphatic rings. The first-order valence-electron chi connectivity index (χ1n) is 8.55. The Hall–Kier alpha value is -2.73. The number of rotatable bonds is 3. The van der Waals surface area contributed by atoms with Crippen LogP contribution in [0.25, 0.3) is 10.2 Å². The molecular formula is C20H19N3O2S. The fourth-order valence-electron chi connectivity index (χ4n) is 3.22. The van der Waals surface area contributed by atoms with Crippen LogP contribution in [0.1, 0.15) is 17.0 Å². The number of fused-ring (bicyclic) bond motifs is 1. The van der Waals surface area contributed by atoms with Crippen LogP contribution in [-0.2, 0) is 9.59 Å². The van der Waals surface area contributed by atoms with Gasteiger partial charge >= 0.3 is 0 Å². The number of amides is 2. The summed E-state index contributed by atoms with van der Waals surface area (Å²) in [5.74, 6) is -0.473. The van der Waals surface area contributed by atoms with Crippen LogP contribution in [0.3, 0.4) is 0 Å². The first-order valence-corrected chi connectivity index (χ1v) is 9.36. The number of nitrogens with one attached hydrogen (secondary N) is 1. The van der Waals surface area contributed by atoms with Gasteiger partial charge in [0, 0.05) is 24.3 Å². The average Bonchev–Trinajstić information content (AvgIpc) is 3.17. The molecule has 1 saturated heterocycles. The average molecular weight is 365 g/mol. The van der Waals surface area contributed by atoms with Gasteiger partial charge in [0.1, 0.15) is 0 Å². The van der Waals surface area contributed by atoms with Gasteiger partial charge in [0.05, 0.1) is 21.1 Å². The number of carbonyl (C=O) groups is 2. The molecule has 5 nitrogen and oxygen atoms in total. The van der Waals surface area contributed by atoms with Crippen molar-refractivity contribution in [3.05, 3.63) is 53.0 Å². The molecule has 2 amide bonds. The molecule has 3 aromatic rings. The summed E-state index contributed by atoms with van der Waals surface area (Å²) in [6, 6.07) is 13.5. The maximum atomic E-state index is 12.6. The lowest BCUT2D eigenvalue weighted by molar-refractivity contribution is -0.122. The zero-order valence-electron chi connectivity index (χ0n) is 14.7. The van der Waals surface area contributed by atoms with Crippen LogP contribution in [-0.4, -0.2) is 23.3 Å². The molecule has 1 atom stereocenters. The zero-order valence-corrected chi connectivity index (χ0v) is 15.5. The fourth-order valence-corrected chi connectivity index (χ4v) is 4.09. The Morgan fingerprint density at radius 2 is 1.96 bits per heavy atom. The highest BCUT2D eigenvalue weighted by Crippen LogP contribution is 2.28. The molecule has 0 aliphatic carbocycles. The van der Waals surface area contributed by atoms with Crippen molar-refractivity contribution in [2.24, 2.45) is 5.92 Å². The summed E-state index contributed by atoms with van der Waals surface area (Å²) < 4.78 is 1.05. The Balaban J connectivity index is 1.47. The highest BCUT2D eigenvalue weighted by Gasteiger charge is 2.35. The Kier molecular flexibility index (Phi) is 4.20. The third-order valence-corrected chi connectivity index (χ3v) is 5.54. The van der Waals surface area contributed by atoms with Crippen LogP contribution in [0, 0.1) is 19.8 Å². The molecule has 0 unspecified atom stereocenters. The van der Waals surface area contributed by atoms with Gasteiger partial charge in [-0.2, -0.15) is 0 Å². The van der Waals surface area contributed by atoms with Crippen molar-refractivity contribution in [2.75, 3.05) is 16.8 Å². The number of aromatic nitrogens is 1. The minimum Gasteiger partial charge on any atom is -0.326 e. The lowest BCUT2D eigenvalue weighted by Crippen LogP contribution is -2.28. The summed E-state index contributed by atoms with van der Waals surface area (Å²) in [6.45, 7) is 4.38. The molecule has 0 radical (unpaired) electrons. The molecule has 1 fully saturated rings. The standard InChI is InChI=1S/C20H19N3O2S/c1-12-3-6-16(7-4-12)23-11-14(9-19(23)24)20(25)22-15-5-8-17-18(10-15)26-13(2)21-17/h3-8,10,14H,9,11H2,1-2H3,(H,22,25)/t14-/m1/s1. The number of anilines is 2. The van der Waals surface area contributed by atoms with Gasteiger partial charge in [0.2, 0.25) is 11.8 Å². The van der Waals surface area contributed by atoms with Gasteiger partial charge < -0.3 is 10.2 Å². The highest BCUT2D eigenvalue weighted by molar-refractivity contribution is 7.18. The Morgan fingerprint density at radius 1 is 1.19 bits per heavy atom. The van der Waals surface area contributed by atoms with E-state index in [4.69, 9.17) is 0 Å². The van der Waals surface area contributed by atoms with E-state index >= 15 is 0 Å². The molecule has 1 aliphatic heterocycles. The summed E-state index contributed by atoms with van der Waals surface area (Å²) in [5, 5.41) is 3.95. The number of aryl methyl sites for hydroxylation is 2. The Morgan fingerprint density at radius 3 is 2.73 bits per heavy atom. The second kappa shape index (κ2) is 6.53. The summed E-state index contributed by atoms with van der Waals surface area (Å²) in [6.07, 6.45) is 0.238. The van der Waals surface area contributed by atoms with E-state index in [0.29, 0.717) is 6.54 Å². The monoisotopic (exact) mass is 365 g/mol. The first-order chi connectivity index (χ1) is 12.5. The maximum absolute atomic E-state index is 12.6. The summed E-state index contributed by atoms with van der Waals surface area (Å²) >= 11 is 1.60. The Labute approximate surface area is 155 Å². The van der Waals surface area contributed by atoms with Gasteiger partial charge in [-0.3, -0.25) is 9.59 Å². The predicted octanol–water partition coefficient (Wildman–Crippen LogP) is 3.90. The minimum absolute atomic E-state index is 0.0115. The second-order valence-electron chi connectivity index (χ2n) is 6.65. The molecule has 6 heteroatoms. The van der Waals surface area contributed by atoms with Crippen molar-refractivity contribution in [1.29, 1.82) is 0 Å². The van der Waals surface area contributed by atoms with E-state index in [1.54, 1.807) is 16.2 Å². The van der Waals surface area contributed by atoms with Crippen LogP contribution >= 0.6 is 11.3 Å². The molecule has 4 rings (SSSR count). The van der Waals surface area contributed by atoms with Crippen LogP contribution in [0.15, 0.2) is 42.5 Å². The molecule has 1 aromatic heterocycles. The van der Waals surface area contributed by atoms with Crippen molar-refractivity contribution in [2.45, 2.75) is 20.3 Å². The van der Waals surface area contributed by atoms with Gasteiger partial charge in [-0.05, 0) is 44.2 Å². The topological polar surface area (TPSA) is 62.3 Å². The fraction of sp³-hybridized carbons (Fsp3) is 0.250. The van der Waals surface area contributed by atoms with Gasteiger partial charge in [0.15, 0.2) is 0 Å². The quantitative estimate of drug-likeness (QED) is 0.765. The molecular weight excluding hydrogens is 346 g/mol. The molecule has 1 N–H and O–H groups in total. The molecule has 132 valence electrons. The minimum atomic E-state index is -0.345. The molecule has 2 aromatic carbocycles. The lowest BCUT2D eigenvalue weighted by Gasteiger charge is -2.17. The maximum Gasteiger partial charge on any atom is 0.229 e. The third kappa shape index (κ3) is 3.20. The number of hydrogen-bond acceptors (Lipinski definition) is 4. The number of benzene rings is 2. The predicted molar refractivity (Wildman–Crippen MR) is 105 cm³/mol. The van der Waals surface area contributed by atoms with Crippen molar-refractivity contribution in [1.82, 2.24) is 4.98 Å². The van der Waals surface area contributed by atoms with Crippen molar-refractivity contribution < 1.29 is 9.59 Å². The SMILES string of the molecule is Cc1ccc(N2C[C@H](C(=O)Nc3ccc4nc(C)sc4c3)CC2=O)cc1. The number of thiazole rings is 1. The van der Waals surface area contributed by atoms with Gasteiger partial charge in [-0.15, -0.1) is 11.3 Å². The van der Waals surface area contributed by atoms with E-state index in [0.717, 1.165) is 32.2 Å². The van der Waals surface area contributed by atoms with E-state index in [9.17, 15) is 9.59 Å². The molecule has 0 saturated carbocycles. The third-order valence-electron chi connectivity index (χ3n) is 4.60. The van der Waals surface area contributed by atoms with Crippen LogP contribution in [0.2, 0.25) is 0 Å². The number of nitrogens with zero attached hydrogens (tertiary/aromatic N) is 2. The van der Waals surface area contributed by atoms with E-state index < -0.39 is 0 Å². The van der Waals surface area contributed by atoms with Crippen molar-refractivity contribution in [3.8, 4) is 0 Å². The van der Waals surface area contributed by atoms with Gasteiger partial charge in [-0.1, -0.05) is 17.7 Å². The number of hydrogen-bond donors (Lipinski definition) is 1. The first kappa shape index (κ1) is 16.7. The number of carbonyl (C=O) groups excluding carboxylic acids is 2. The smallest absolute Gasteiger partial charge is 0.229 e. The zero-order chi connectivity index (χ0) is 18.3. The molecule has 0 spiro atoms. The summed E-state index contributed by atoms with van der Waals surface area (Å²) in [7, 11) is 0.